The van der Waals surface area contributed by atoms with E-state index in [0.717, 1.165) is 0 Å². The van der Waals surface area contributed by atoms with Crippen LogP contribution >= 0.6 is 23.2 Å². The van der Waals surface area contributed by atoms with Crippen LogP contribution in [0.3, 0.4) is 0 Å². The molecular formula is C22H25Cl2FN2O3. The maximum absolute atomic E-state index is 13.8. The first-order chi connectivity index (χ1) is 14.2. The van der Waals surface area contributed by atoms with E-state index in [0.29, 0.717) is 22.0 Å². The van der Waals surface area contributed by atoms with Crippen molar-refractivity contribution >= 4 is 35.0 Å². The summed E-state index contributed by atoms with van der Waals surface area (Å²) < 4.78 is 19.2. The van der Waals surface area contributed by atoms with Crippen LogP contribution in [0.5, 0.6) is 5.75 Å². The Morgan fingerprint density at radius 3 is 2.43 bits per heavy atom. The van der Waals surface area contributed by atoms with Crippen LogP contribution < -0.4 is 10.1 Å². The number of nitrogens with one attached hydrogen (secondary N) is 1. The van der Waals surface area contributed by atoms with Gasteiger partial charge in [0.15, 0.2) is 18.2 Å². The molecule has 162 valence electrons. The van der Waals surface area contributed by atoms with E-state index >= 15 is 0 Å². The molecule has 30 heavy (non-hydrogen) atoms. The molecule has 0 bridgehead atoms. The summed E-state index contributed by atoms with van der Waals surface area (Å²) in [5.41, 5.74) is 0.708. The summed E-state index contributed by atoms with van der Waals surface area (Å²) in [6.45, 7) is 5.22. The predicted molar refractivity (Wildman–Crippen MR) is 116 cm³/mol. The first kappa shape index (κ1) is 24.0. The summed E-state index contributed by atoms with van der Waals surface area (Å²) >= 11 is 12.1. The molecule has 2 aromatic carbocycles. The Hall–Kier alpha value is -2.31. The molecule has 0 aliphatic carbocycles. The Morgan fingerprint density at radius 2 is 1.83 bits per heavy atom. The molecule has 0 heterocycles. The Kier molecular flexibility index (Phi) is 8.93. The smallest absolute Gasteiger partial charge is 0.261 e. The van der Waals surface area contributed by atoms with E-state index in [2.05, 4.69) is 5.32 Å². The standard InChI is InChI=1S/C22H25Cl2FN2O3/c1-4-19(22(29)26-14(2)3)27(12-15-9-10-16(23)17(24)11-15)21(28)13-30-20-8-6-5-7-18(20)25/h5-11,14,19H,4,12-13H2,1-3H3,(H,26,29). The quantitative estimate of drug-likeness (QED) is 0.589. The zero-order valence-corrected chi connectivity index (χ0v) is 18.6. The monoisotopic (exact) mass is 454 g/mol. The summed E-state index contributed by atoms with van der Waals surface area (Å²) in [6, 6.07) is 10.0. The molecule has 0 aliphatic rings. The average molecular weight is 455 g/mol. The minimum atomic E-state index is -0.724. The number of hydrogen-bond acceptors (Lipinski definition) is 3. The Balaban J connectivity index is 2.25. The molecule has 0 radical (unpaired) electrons. The minimum absolute atomic E-state index is 0.0278. The molecule has 2 aromatic rings. The van der Waals surface area contributed by atoms with Gasteiger partial charge in [0.05, 0.1) is 10.0 Å². The normalized spacial score (nSPS) is 11.8. The fraction of sp³-hybridized carbons (Fsp3) is 0.364. The van der Waals surface area contributed by atoms with Crippen LogP contribution in [0.15, 0.2) is 42.5 Å². The molecule has 1 atom stereocenters. The maximum atomic E-state index is 13.8. The molecule has 0 aromatic heterocycles. The lowest BCUT2D eigenvalue weighted by Crippen LogP contribution is -2.51. The molecular weight excluding hydrogens is 430 g/mol. The van der Waals surface area contributed by atoms with Crippen molar-refractivity contribution in [2.45, 2.75) is 45.8 Å². The van der Waals surface area contributed by atoms with Crippen molar-refractivity contribution in [1.29, 1.82) is 0 Å². The van der Waals surface area contributed by atoms with Crippen LogP contribution in [-0.4, -0.2) is 35.4 Å². The molecule has 8 heteroatoms. The van der Waals surface area contributed by atoms with Gasteiger partial charge in [-0.05, 0) is 50.1 Å². The zero-order valence-electron chi connectivity index (χ0n) is 17.1. The van der Waals surface area contributed by atoms with Gasteiger partial charge < -0.3 is 15.0 Å². The van der Waals surface area contributed by atoms with E-state index in [9.17, 15) is 14.0 Å². The van der Waals surface area contributed by atoms with Crippen LogP contribution in [0, 0.1) is 5.82 Å². The van der Waals surface area contributed by atoms with Crippen molar-refractivity contribution in [2.75, 3.05) is 6.61 Å². The number of amides is 2. The highest BCUT2D eigenvalue weighted by Crippen LogP contribution is 2.24. The molecule has 0 spiro atoms. The second-order valence-corrected chi connectivity index (χ2v) is 7.89. The minimum Gasteiger partial charge on any atom is -0.481 e. The highest BCUT2D eigenvalue weighted by Gasteiger charge is 2.29. The van der Waals surface area contributed by atoms with E-state index in [4.69, 9.17) is 27.9 Å². The third-order valence-corrected chi connectivity index (χ3v) is 5.08. The first-order valence-electron chi connectivity index (χ1n) is 9.64. The lowest BCUT2D eigenvalue weighted by Gasteiger charge is -2.31. The van der Waals surface area contributed by atoms with Gasteiger partial charge in [-0.1, -0.05) is 48.3 Å². The van der Waals surface area contributed by atoms with Gasteiger partial charge in [-0.2, -0.15) is 0 Å². The SMILES string of the molecule is CCC(C(=O)NC(C)C)N(Cc1ccc(Cl)c(Cl)c1)C(=O)COc1ccccc1F. The molecule has 0 saturated carbocycles. The van der Waals surface area contributed by atoms with Crippen LogP contribution in [0.1, 0.15) is 32.8 Å². The van der Waals surface area contributed by atoms with Gasteiger partial charge in [-0.3, -0.25) is 9.59 Å². The molecule has 5 nitrogen and oxygen atoms in total. The summed E-state index contributed by atoms with van der Waals surface area (Å²) in [5.74, 6) is -1.31. The maximum Gasteiger partial charge on any atom is 0.261 e. The van der Waals surface area contributed by atoms with Gasteiger partial charge in [-0.15, -0.1) is 0 Å². The fourth-order valence-electron chi connectivity index (χ4n) is 2.92. The van der Waals surface area contributed by atoms with Crippen LogP contribution in [0.4, 0.5) is 4.39 Å². The summed E-state index contributed by atoms with van der Waals surface area (Å²) in [7, 11) is 0. The van der Waals surface area contributed by atoms with Crippen molar-refractivity contribution in [3.8, 4) is 5.75 Å². The third-order valence-electron chi connectivity index (χ3n) is 4.34. The van der Waals surface area contributed by atoms with Gasteiger partial charge in [0.1, 0.15) is 6.04 Å². The Bertz CT molecular complexity index is 892. The molecule has 1 N–H and O–H groups in total. The molecule has 2 rings (SSSR count). The Labute approximate surface area is 186 Å². The van der Waals surface area contributed by atoms with Crippen molar-refractivity contribution in [3.63, 3.8) is 0 Å². The Morgan fingerprint density at radius 1 is 1.13 bits per heavy atom. The number of benzene rings is 2. The summed E-state index contributed by atoms with van der Waals surface area (Å²) in [6.07, 6.45) is 0.394. The number of hydrogen-bond donors (Lipinski definition) is 1. The molecule has 0 saturated heterocycles. The fourth-order valence-corrected chi connectivity index (χ4v) is 3.24. The van der Waals surface area contributed by atoms with Gasteiger partial charge in [-0.25, -0.2) is 4.39 Å². The topological polar surface area (TPSA) is 58.6 Å². The first-order valence-corrected chi connectivity index (χ1v) is 10.4. The number of halogens is 3. The number of carbonyl (C=O) groups excluding carboxylic acids is 2. The van der Waals surface area contributed by atoms with E-state index in [1.54, 1.807) is 24.3 Å². The highest BCUT2D eigenvalue weighted by molar-refractivity contribution is 6.42. The van der Waals surface area contributed by atoms with Crippen molar-refractivity contribution in [2.24, 2.45) is 0 Å². The molecule has 1 unspecified atom stereocenters. The zero-order chi connectivity index (χ0) is 22.3. The molecule has 0 fully saturated rings. The lowest BCUT2D eigenvalue weighted by atomic mass is 10.1. The third kappa shape index (κ3) is 6.61. The van der Waals surface area contributed by atoms with Gasteiger partial charge in [0.2, 0.25) is 5.91 Å². The number of carbonyl (C=O) groups is 2. The number of nitrogens with zero attached hydrogens (tertiary/aromatic N) is 1. The molecule has 2 amide bonds. The summed E-state index contributed by atoms with van der Waals surface area (Å²) in [5, 5.41) is 3.58. The van der Waals surface area contributed by atoms with Crippen molar-refractivity contribution in [1.82, 2.24) is 10.2 Å². The number of ether oxygens (including phenoxy) is 1. The summed E-state index contributed by atoms with van der Waals surface area (Å²) in [4.78, 5) is 27.1. The second kappa shape index (κ2) is 11.2. The van der Waals surface area contributed by atoms with Crippen LogP contribution in [0.2, 0.25) is 10.0 Å². The average Bonchev–Trinajstić information content (AvgIpc) is 2.69. The molecule has 0 aliphatic heterocycles. The number of para-hydroxylation sites is 1. The second-order valence-electron chi connectivity index (χ2n) is 7.08. The van der Waals surface area contributed by atoms with Crippen molar-refractivity contribution in [3.05, 3.63) is 63.9 Å². The van der Waals surface area contributed by atoms with E-state index < -0.39 is 24.4 Å². The predicted octanol–water partition coefficient (Wildman–Crippen LogP) is 4.84. The van der Waals surface area contributed by atoms with Crippen LogP contribution in [0.25, 0.3) is 0 Å². The van der Waals surface area contributed by atoms with Crippen molar-refractivity contribution < 1.29 is 18.7 Å². The van der Waals surface area contributed by atoms with Gasteiger partial charge in [0, 0.05) is 12.6 Å². The van der Waals surface area contributed by atoms with Crippen LogP contribution in [-0.2, 0) is 16.1 Å². The van der Waals surface area contributed by atoms with E-state index in [-0.39, 0.29) is 24.2 Å². The van der Waals surface area contributed by atoms with Gasteiger partial charge >= 0.3 is 0 Å². The van der Waals surface area contributed by atoms with E-state index in [1.165, 1.54) is 23.1 Å². The number of rotatable bonds is 9. The van der Waals surface area contributed by atoms with Gasteiger partial charge in [0.25, 0.3) is 5.91 Å². The highest BCUT2D eigenvalue weighted by atomic mass is 35.5. The largest absolute Gasteiger partial charge is 0.481 e. The lowest BCUT2D eigenvalue weighted by molar-refractivity contribution is -0.143. The van der Waals surface area contributed by atoms with E-state index in [1.807, 2.05) is 20.8 Å².